The quantitative estimate of drug-likeness (QED) is 0.250. The van der Waals surface area contributed by atoms with Gasteiger partial charge in [0.2, 0.25) is 11.8 Å². The number of hydrogen-bond donors (Lipinski definition) is 0. The number of carbonyl (C=O) groups excluding carboxylic acids is 2. The van der Waals surface area contributed by atoms with Crippen LogP contribution in [0.4, 0.5) is 0 Å². The summed E-state index contributed by atoms with van der Waals surface area (Å²) >= 11 is 1.64. The molecule has 0 saturated heterocycles. The molecule has 0 atom stereocenters. The summed E-state index contributed by atoms with van der Waals surface area (Å²) < 4.78 is 0. The molecule has 2 amide bonds. The Labute approximate surface area is 191 Å². The van der Waals surface area contributed by atoms with Crippen LogP contribution in [0.1, 0.15) is 62.3 Å². The predicted molar refractivity (Wildman–Crippen MR) is 130 cm³/mol. The summed E-state index contributed by atoms with van der Waals surface area (Å²) in [5, 5.41) is 2.02. The summed E-state index contributed by atoms with van der Waals surface area (Å²) in [6.07, 6.45) is 9.03. The maximum absolute atomic E-state index is 13.2. The van der Waals surface area contributed by atoms with Crippen LogP contribution in [-0.2, 0) is 22.7 Å². The van der Waals surface area contributed by atoms with Gasteiger partial charge < -0.3 is 9.80 Å². The first-order valence-electron chi connectivity index (χ1n) is 11.4. The molecule has 0 unspecified atom stereocenters. The highest BCUT2D eigenvalue weighted by Crippen LogP contribution is 2.16. The van der Waals surface area contributed by atoms with Gasteiger partial charge in [-0.3, -0.25) is 9.59 Å². The minimum Gasteiger partial charge on any atom is -0.332 e. The summed E-state index contributed by atoms with van der Waals surface area (Å²) in [6, 6.07) is 14.0. The highest BCUT2D eigenvalue weighted by molar-refractivity contribution is 7.09. The fourth-order valence-electron chi connectivity index (χ4n) is 3.52. The lowest BCUT2D eigenvalue weighted by Crippen LogP contribution is -2.42. The number of benzene rings is 1. The van der Waals surface area contributed by atoms with E-state index in [1.54, 1.807) is 22.3 Å². The average Bonchev–Trinajstić information content (AvgIpc) is 3.29. The number of nitrogens with zero attached hydrogens (tertiary/aromatic N) is 2. The van der Waals surface area contributed by atoms with Gasteiger partial charge in [0.15, 0.2) is 0 Å². The van der Waals surface area contributed by atoms with Crippen LogP contribution in [0.5, 0.6) is 0 Å². The fraction of sp³-hybridized carbons (Fsp3) is 0.462. The van der Waals surface area contributed by atoms with Gasteiger partial charge in [-0.25, -0.2) is 0 Å². The largest absolute Gasteiger partial charge is 0.332 e. The molecule has 0 bridgehead atoms. The first kappa shape index (κ1) is 24.9. The highest BCUT2D eigenvalue weighted by Gasteiger charge is 2.21. The number of rotatable bonds is 15. The van der Waals surface area contributed by atoms with Crippen LogP contribution in [0.25, 0.3) is 0 Å². The van der Waals surface area contributed by atoms with Crippen molar-refractivity contribution < 1.29 is 9.59 Å². The first-order chi connectivity index (χ1) is 15.1. The van der Waals surface area contributed by atoms with E-state index in [0.717, 1.165) is 23.3 Å². The molecule has 0 spiro atoms. The summed E-state index contributed by atoms with van der Waals surface area (Å²) in [5.74, 6) is 0.00919. The van der Waals surface area contributed by atoms with Crippen LogP contribution in [0, 0.1) is 0 Å². The monoisotopic (exact) mass is 440 g/mol. The van der Waals surface area contributed by atoms with Crippen molar-refractivity contribution in [3.05, 3.63) is 70.9 Å². The van der Waals surface area contributed by atoms with Crippen LogP contribution in [0.15, 0.2) is 60.5 Å². The average molecular weight is 441 g/mol. The van der Waals surface area contributed by atoms with Crippen LogP contribution >= 0.6 is 11.3 Å². The molecule has 4 nitrogen and oxygen atoms in total. The molecule has 2 aromatic rings. The minimum absolute atomic E-state index is 0.0320. The molecular weight excluding hydrogens is 404 g/mol. The van der Waals surface area contributed by atoms with Gasteiger partial charge in [0, 0.05) is 24.4 Å². The summed E-state index contributed by atoms with van der Waals surface area (Å²) in [4.78, 5) is 30.6. The van der Waals surface area contributed by atoms with Gasteiger partial charge in [-0.05, 0) is 23.4 Å². The summed E-state index contributed by atoms with van der Waals surface area (Å²) in [6.45, 7) is 7.56. The zero-order valence-corrected chi connectivity index (χ0v) is 19.6. The zero-order chi connectivity index (χ0) is 22.3. The van der Waals surface area contributed by atoms with E-state index in [9.17, 15) is 9.59 Å². The first-order valence-corrected chi connectivity index (χ1v) is 12.2. The van der Waals surface area contributed by atoms with Crippen LogP contribution in [0.3, 0.4) is 0 Å². The lowest BCUT2D eigenvalue weighted by molar-refractivity contribution is -0.140. The van der Waals surface area contributed by atoms with Gasteiger partial charge in [0.05, 0.1) is 6.54 Å². The Bertz CT molecular complexity index is 774. The number of hydrogen-bond acceptors (Lipinski definition) is 3. The molecule has 1 aromatic carbocycles. The molecule has 0 N–H and O–H groups in total. The molecule has 0 aliphatic heterocycles. The van der Waals surface area contributed by atoms with Crippen LogP contribution < -0.4 is 0 Å². The second-order valence-electron chi connectivity index (χ2n) is 7.90. The lowest BCUT2D eigenvalue weighted by atomic mass is 10.1. The molecule has 0 radical (unpaired) electrons. The van der Waals surface area contributed by atoms with E-state index in [1.165, 1.54) is 25.7 Å². The minimum atomic E-state index is -0.0320. The van der Waals surface area contributed by atoms with E-state index in [-0.39, 0.29) is 18.4 Å². The van der Waals surface area contributed by atoms with Crippen molar-refractivity contribution >= 4 is 23.2 Å². The molecule has 2 rings (SSSR count). The summed E-state index contributed by atoms with van der Waals surface area (Å²) in [5.41, 5.74) is 1.08. The van der Waals surface area contributed by atoms with Crippen LogP contribution in [0.2, 0.25) is 0 Å². The van der Waals surface area contributed by atoms with Crippen molar-refractivity contribution in [2.24, 2.45) is 0 Å². The lowest BCUT2D eigenvalue weighted by Gasteiger charge is -2.27. The Morgan fingerprint density at radius 2 is 1.65 bits per heavy atom. The van der Waals surface area contributed by atoms with Crippen LogP contribution in [-0.4, -0.2) is 34.7 Å². The predicted octanol–water partition coefficient (Wildman–Crippen LogP) is 6.04. The third kappa shape index (κ3) is 9.52. The Balaban J connectivity index is 1.96. The second kappa shape index (κ2) is 14.6. The van der Waals surface area contributed by atoms with Gasteiger partial charge in [-0.15, -0.1) is 17.9 Å². The molecular formula is C26H36N2O2S. The SMILES string of the molecule is C=CCN(CC(=O)N(Cc1ccccc1)Cc1cccs1)C(=O)CCCCCCCC. The van der Waals surface area contributed by atoms with E-state index < -0.39 is 0 Å². The van der Waals surface area contributed by atoms with Gasteiger partial charge in [-0.2, -0.15) is 0 Å². The number of carbonyl (C=O) groups is 2. The molecule has 1 heterocycles. The van der Waals surface area contributed by atoms with Crippen molar-refractivity contribution in [2.45, 2.75) is 65.0 Å². The van der Waals surface area contributed by atoms with E-state index in [0.29, 0.717) is 26.1 Å². The number of amides is 2. The van der Waals surface area contributed by atoms with Gasteiger partial charge in [-0.1, -0.05) is 81.5 Å². The van der Waals surface area contributed by atoms with E-state index >= 15 is 0 Å². The third-order valence-corrected chi connectivity index (χ3v) is 6.13. The van der Waals surface area contributed by atoms with Crippen molar-refractivity contribution in [1.29, 1.82) is 0 Å². The van der Waals surface area contributed by atoms with Gasteiger partial charge >= 0.3 is 0 Å². The Morgan fingerprint density at radius 1 is 0.903 bits per heavy atom. The number of unbranched alkanes of at least 4 members (excludes halogenated alkanes) is 5. The second-order valence-corrected chi connectivity index (χ2v) is 8.93. The van der Waals surface area contributed by atoms with Crippen molar-refractivity contribution in [3.8, 4) is 0 Å². The van der Waals surface area contributed by atoms with E-state index in [1.807, 2.05) is 52.7 Å². The van der Waals surface area contributed by atoms with Crippen molar-refractivity contribution in [1.82, 2.24) is 9.80 Å². The molecule has 0 aliphatic carbocycles. The maximum Gasteiger partial charge on any atom is 0.242 e. The Morgan fingerprint density at radius 3 is 2.32 bits per heavy atom. The third-order valence-electron chi connectivity index (χ3n) is 5.27. The Hall–Kier alpha value is -2.40. The maximum atomic E-state index is 13.2. The van der Waals surface area contributed by atoms with Crippen molar-refractivity contribution in [2.75, 3.05) is 13.1 Å². The molecule has 5 heteroatoms. The molecule has 0 saturated carbocycles. The van der Waals surface area contributed by atoms with Gasteiger partial charge in [0.25, 0.3) is 0 Å². The Kier molecular flexibility index (Phi) is 11.7. The normalized spacial score (nSPS) is 10.6. The van der Waals surface area contributed by atoms with Crippen molar-refractivity contribution in [3.63, 3.8) is 0 Å². The number of thiophene rings is 1. The smallest absolute Gasteiger partial charge is 0.242 e. The summed E-state index contributed by atoms with van der Waals surface area (Å²) in [7, 11) is 0. The molecule has 168 valence electrons. The molecule has 0 aliphatic rings. The van der Waals surface area contributed by atoms with E-state index in [4.69, 9.17) is 0 Å². The standard InChI is InChI=1S/C26H36N2O2S/c1-3-5-6-7-8-12-17-25(29)27(18-4-2)22-26(30)28(21-24-16-13-19-31-24)20-23-14-10-9-11-15-23/h4,9-11,13-16,19H,2-3,5-8,12,17-18,20-22H2,1H3. The topological polar surface area (TPSA) is 40.6 Å². The molecule has 1 aromatic heterocycles. The van der Waals surface area contributed by atoms with Gasteiger partial charge in [0.1, 0.15) is 6.54 Å². The zero-order valence-electron chi connectivity index (χ0n) is 18.8. The van der Waals surface area contributed by atoms with E-state index in [2.05, 4.69) is 13.5 Å². The fourth-order valence-corrected chi connectivity index (χ4v) is 4.23. The molecule has 0 fully saturated rings. The highest BCUT2D eigenvalue weighted by atomic mass is 32.1. The molecule has 31 heavy (non-hydrogen) atoms.